The molecule has 17 heavy (non-hydrogen) atoms. The van der Waals surface area contributed by atoms with Crippen LogP contribution in [0.4, 0.5) is 0 Å². The minimum atomic E-state index is 0.0380. The van der Waals surface area contributed by atoms with Gasteiger partial charge in [0, 0.05) is 17.8 Å². The molecule has 1 heterocycles. The Bertz CT molecular complexity index is 514. The van der Waals surface area contributed by atoms with Crippen LogP contribution in [0.25, 0.3) is 11.0 Å². The zero-order chi connectivity index (χ0) is 12.3. The van der Waals surface area contributed by atoms with Crippen molar-refractivity contribution < 1.29 is 9.21 Å². The molecule has 0 fully saturated rings. The Hall–Kier alpha value is -1.77. The van der Waals surface area contributed by atoms with Crippen LogP contribution in [0.5, 0.6) is 0 Å². The summed E-state index contributed by atoms with van der Waals surface area (Å²) in [5.41, 5.74) is 2.04. The van der Waals surface area contributed by atoms with E-state index in [1.807, 2.05) is 38.1 Å². The molecule has 2 rings (SSSR count). The van der Waals surface area contributed by atoms with Crippen molar-refractivity contribution in [2.75, 3.05) is 6.54 Å². The molecular weight excluding hydrogens is 214 g/mol. The summed E-state index contributed by atoms with van der Waals surface area (Å²) >= 11 is 0. The summed E-state index contributed by atoms with van der Waals surface area (Å²) in [5.74, 6) is 0.133. The van der Waals surface area contributed by atoms with E-state index in [4.69, 9.17) is 4.42 Å². The van der Waals surface area contributed by atoms with Crippen LogP contribution < -0.4 is 5.32 Å². The first-order chi connectivity index (χ1) is 8.18. The van der Waals surface area contributed by atoms with Crippen molar-refractivity contribution in [2.45, 2.75) is 20.3 Å². The van der Waals surface area contributed by atoms with Gasteiger partial charge in [0.25, 0.3) is 0 Å². The molecule has 3 nitrogen and oxygen atoms in total. The van der Waals surface area contributed by atoms with Crippen molar-refractivity contribution in [3.8, 4) is 0 Å². The molecule has 1 aromatic carbocycles. The van der Waals surface area contributed by atoms with E-state index in [-0.39, 0.29) is 11.8 Å². The molecule has 1 N–H and O–H groups in total. The Labute approximate surface area is 101 Å². The number of rotatable bonds is 4. The number of carbonyl (C=O) groups excluding carboxylic acids is 1. The molecule has 0 aliphatic heterocycles. The molecule has 3 heteroatoms. The second-order valence-corrected chi connectivity index (χ2v) is 4.45. The van der Waals surface area contributed by atoms with Crippen LogP contribution >= 0.6 is 0 Å². The second-order valence-electron chi connectivity index (χ2n) is 4.45. The molecule has 0 aliphatic rings. The lowest BCUT2D eigenvalue weighted by molar-refractivity contribution is -0.123. The van der Waals surface area contributed by atoms with E-state index in [9.17, 15) is 4.79 Å². The number of hydrogen-bond acceptors (Lipinski definition) is 2. The predicted molar refractivity (Wildman–Crippen MR) is 67.8 cm³/mol. The molecule has 2 aromatic rings. The van der Waals surface area contributed by atoms with Crippen LogP contribution in [0.1, 0.15) is 19.4 Å². The minimum Gasteiger partial charge on any atom is -0.464 e. The lowest BCUT2D eigenvalue weighted by atomic mass is 10.1. The van der Waals surface area contributed by atoms with E-state index in [1.54, 1.807) is 6.26 Å². The lowest BCUT2D eigenvalue weighted by Crippen LogP contribution is -2.29. The monoisotopic (exact) mass is 231 g/mol. The van der Waals surface area contributed by atoms with E-state index in [0.29, 0.717) is 6.54 Å². The number of amides is 1. The molecule has 1 amide bonds. The van der Waals surface area contributed by atoms with Crippen LogP contribution in [-0.4, -0.2) is 12.5 Å². The number of para-hydroxylation sites is 1. The highest BCUT2D eigenvalue weighted by Gasteiger charge is 2.07. The van der Waals surface area contributed by atoms with Gasteiger partial charge in [-0.25, -0.2) is 0 Å². The fraction of sp³-hybridized carbons (Fsp3) is 0.357. The van der Waals surface area contributed by atoms with Gasteiger partial charge < -0.3 is 9.73 Å². The molecule has 0 bridgehead atoms. The Morgan fingerprint density at radius 3 is 2.88 bits per heavy atom. The maximum Gasteiger partial charge on any atom is 0.222 e. The second kappa shape index (κ2) is 5.04. The number of nitrogens with one attached hydrogen (secondary N) is 1. The first kappa shape index (κ1) is 11.7. The third kappa shape index (κ3) is 2.67. The summed E-state index contributed by atoms with van der Waals surface area (Å²) in [5, 5.41) is 4.04. The fourth-order valence-corrected chi connectivity index (χ4v) is 1.75. The van der Waals surface area contributed by atoms with Gasteiger partial charge in [0.05, 0.1) is 6.26 Å². The van der Waals surface area contributed by atoms with Crippen molar-refractivity contribution in [1.29, 1.82) is 0 Å². The highest BCUT2D eigenvalue weighted by molar-refractivity contribution is 5.81. The van der Waals surface area contributed by atoms with E-state index in [1.165, 1.54) is 0 Å². The van der Waals surface area contributed by atoms with Gasteiger partial charge in [-0.05, 0) is 18.1 Å². The van der Waals surface area contributed by atoms with E-state index in [2.05, 4.69) is 5.32 Å². The summed E-state index contributed by atoms with van der Waals surface area (Å²) in [7, 11) is 0. The molecular formula is C14H17NO2. The average Bonchev–Trinajstić information content (AvgIpc) is 2.72. The molecule has 0 spiro atoms. The Kier molecular flexibility index (Phi) is 3.47. The smallest absolute Gasteiger partial charge is 0.222 e. The van der Waals surface area contributed by atoms with Crippen LogP contribution in [0.15, 0.2) is 34.9 Å². The highest BCUT2D eigenvalue weighted by atomic mass is 16.3. The lowest BCUT2D eigenvalue weighted by Gasteiger charge is -2.06. The van der Waals surface area contributed by atoms with Gasteiger partial charge in [0.1, 0.15) is 5.58 Å². The Morgan fingerprint density at radius 1 is 1.35 bits per heavy atom. The van der Waals surface area contributed by atoms with Crippen LogP contribution in [0.2, 0.25) is 0 Å². The van der Waals surface area contributed by atoms with Crippen molar-refractivity contribution in [3.63, 3.8) is 0 Å². The normalized spacial score (nSPS) is 11.0. The van der Waals surface area contributed by atoms with Gasteiger partial charge in [-0.3, -0.25) is 4.79 Å². The zero-order valence-corrected chi connectivity index (χ0v) is 10.2. The van der Waals surface area contributed by atoms with E-state index >= 15 is 0 Å². The minimum absolute atomic E-state index is 0.0380. The third-order valence-electron chi connectivity index (χ3n) is 2.78. The predicted octanol–water partition coefficient (Wildman–Crippen LogP) is 2.75. The molecule has 90 valence electrons. The summed E-state index contributed by atoms with van der Waals surface area (Å²) in [4.78, 5) is 11.4. The molecule has 0 atom stereocenters. The maximum absolute atomic E-state index is 11.4. The quantitative estimate of drug-likeness (QED) is 0.879. The Morgan fingerprint density at radius 2 is 2.12 bits per heavy atom. The summed E-state index contributed by atoms with van der Waals surface area (Å²) < 4.78 is 5.44. The molecule has 0 unspecified atom stereocenters. The zero-order valence-electron chi connectivity index (χ0n) is 10.2. The molecule has 0 saturated carbocycles. The molecule has 0 aliphatic carbocycles. The largest absolute Gasteiger partial charge is 0.464 e. The van der Waals surface area contributed by atoms with Crippen molar-refractivity contribution in [1.82, 2.24) is 5.32 Å². The van der Waals surface area contributed by atoms with Crippen molar-refractivity contribution >= 4 is 16.9 Å². The van der Waals surface area contributed by atoms with Gasteiger partial charge in [-0.1, -0.05) is 32.0 Å². The van der Waals surface area contributed by atoms with Crippen LogP contribution in [0, 0.1) is 5.92 Å². The third-order valence-corrected chi connectivity index (χ3v) is 2.78. The first-order valence-electron chi connectivity index (χ1n) is 5.91. The Balaban J connectivity index is 1.98. The summed E-state index contributed by atoms with van der Waals surface area (Å²) in [6.07, 6.45) is 2.57. The summed E-state index contributed by atoms with van der Waals surface area (Å²) in [6.45, 7) is 4.44. The van der Waals surface area contributed by atoms with Gasteiger partial charge in [0.2, 0.25) is 5.91 Å². The van der Waals surface area contributed by atoms with Gasteiger partial charge in [0.15, 0.2) is 0 Å². The summed E-state index contributed by atoms with van der Waals surface area (Å²) in [6, 6.07) is 7.94. The highest BCUT2D eigenvalue weighted by Crippen LogP contribution is 2.20. The van der Waals surface area contributed by atoms with Crippen molar-refractivity contribution in [3.05, 3.63) is 36.1 Å². The van der Waals surface area contributed by atoms with E-state index in [0.717, 1.165) is 23.0 Å². The molecule has 0 radical (unpaired) electrons. The van der Waals surface area contributed by atoms with Gasteiger partial charge in [-0.15, -0.1) is 0 Å². The van der Waals surface area contributed by atoms with Crippen LogP contribution in [-0.2, 0) is 11.2 Å². The number of fused-ring (bicyclic) bond motifs is 1. The number of furan rings is 1. The average molecular weight is 231 g/mol. The number of carbonyl (C=O) groups is 1. The standard InChI is InChI=1S/C14H17NO2/c1-10(2)14(16)15-8-7-11-9-17-13-6-4-3-5-12(11)13/h3-6,9-10H,7-8H2,1-2H3,(H,15,16). The number of hydrogen-bond donors (Lipinski definition) is 1. The molecule has 0 saturated heterocycles. The van der Waals surface area contributed by atoms with E-state index < -0.39 is 0 Å². The topological polar surface area (TPSA) is 42.2 Å². The van der Waals surface area contributed by atoms with Gasteiger partial charge in [-0.2, -0.15) is 0 Å². The first-order valence-corrected chi connectivity index (χ1v) is 5.91. The van der Waals surface area contributed by atoms with Crippen LogP contribution in [0.3, 0.4) is 0 Å². The molecule has 1 aromatic heterocycles. The number of benzene rings is 1. The van der Waals surface area contributed by atoms with Gasteiger partial charge >= 0.3 is 0 Å². The fourth-order valence-electron chi connectivity index (χ4n) is 1.75. The van der Waals surface area contributed by atoms with Crippen molar-refractivity contribution in [2.24, 2.45) is 5.92 Å². The SMILES string of the molecule is CC(C)C(=O)NCCc1coc2ccccc12. The maximum atomic E-state index is 11.4.